The van der Waals surface area contributed by atoms with Gasteiger partial charge in [-0.1, -0.05) is 0 Å². The lowest BCUT2D eigenvalue weighted by Crippen LogP contribution is -1.56. The van der Waals surface area contributed by atoms with Crippen LogP contribution in [-0.4, -0.2) is 0 Å². The minimum Gasteiger partial charge on any atom is -0.173 e. The lowest BCUT2D eigenvalue weighted by molar-refractivity contribution is 0.410. The number of allylic oxidation sites excluding steroid dienone is 3. The molecule has 66 valence electrons. The molecule has 0 unspecified atom stereocenters. The third-order valence-corrected chi connectivity index (χ3v) is 1.25. The molecular weight excluding hydrogens is 186 g/mol. The van der Waals surface area contributed by atoms with Crippen LogP contribution in [0.5, 0.6) is 0 Å². The maximum absolute atomic E-state index is 11.6. The summed E-state index contributed by atoms with van der Waals surface area (Å²) in [5, 5.41) is 0. The molecule has 0 heterocycles. The van der Waals surface area contributed by atoms with Gasteiger partial charge in [-0.25, -0.2) is 0 Å². The van der Waals surface area contributed by atoms with Crippen LogP contribution in [0.2, 0.25) is 0 Å². The highest BCUT2D eigenvalue weighted by atomic mass is 19.3. The van der Waals surface area contributed by atoms with Gasteiger partial charge in [0.2, 0.25) is 0 Å². The molecule has 0 N–H and O–H groups in total. The highest BCUT2D eigenvalue weighted by Gasteiger charge is 2.43. The summed E-state index contributed by atoms with van der Waals surface area (Å²) in [5.74, 6) is 0. The Morgan fingerprint density at radius 3 is 0.750 bits per heavy atom. The molecule has 0 aromatic carbocycles. The molecule has 1 aliphatic rings. The Labute approximate surface area is 62.5 Å². The summed E-state index contributed by atoms with van der Waals surface area (Å²) in [7, 11) is 0. The Morgan fingerprint density at radius 2 is 0.667 bits per heavy atom. The Balaban J connectivity index is 3.26. The average molecular weight is 186 g/mol. The number of hydrogen-bond donors (Lipinski definition) is 0. The van der Waals surface area contributed by atoms with Gasteiger partial charge in [0.05, 0.1) is 16.7 Å². The molecule has 6 heteroatoms. The molecule has 0 aromatic rings. The highest BCUT2D eigenvalue weighted by Crippen LogP contribution is 2.52. The van der Waals surface area contributed by atoms with Crippen molar-refractivity contribution in [2.75, 3.05) is 0 Å². The molecule has 1 saturated carbocycles. The lowest BCUT2D eigenvalue weighted by atomic mass is 10.6. The Bertz CT molecular complexity index is 245. The maximum atomic E-state index is 11.6. The Hall–Kier alpha value is -1.20. The van der Waals surface area contributed by atoms with Crippen LogP contribution >= 0.6 is 0 Å². The molecule has 0 spiro atoms. The number of rotatable bonds is 0. The van der Waals surface area contributed by atoms with Crippen molar-refractivity contribution >= 4 is 0 Å². The van der Waals surface area contributed by atoms with Crippen molar-refractivity contribution in [3.63, 3.8) is 0 Å². The predicted octanol–water partition coefficient (Wildman–Crippen LogP) is 3.45. The van der Waals surface area contributed by atoms with Crippen molar-refractivity contribution in [3.8, 4) is 0 Å². The van der Waals surface area contributed by atoms with E-state index in [4.69, 9.17) is 0 Å². The molecule has 0 radical (unpaired) electrons. The largest absolute Gasteiger partial charge is 0.279 e. The highest BCUT2D eigenvalue weighted by molar-refractivity contribution is 5.79. The Kier molecular flexibility index (Phi) is 1.99. The van der Waals surface area contributed by atoms with E-state index in [-0.39, 0.29) is 0 Å². The summed E-state index contributed by atoms with van der Waals surface area (Å²) in [5.41, 5.74) is -3.97. The van der Waals surface area contributed by atoms with Crippen molar-refractivity contribution in [2.45, 2.75) is 0 Å². The van der Waals surface area contributed by atoms with E-state index in [1.807, 2.05) is 0 Å². The summed E-state index contributed by atoms with van der Waals surface area (Å²) in [6, 6.07) is 0. The number of halogens is 6. The van der Waals surface area contributed by atoms with Gasteiger partial charge in [-0.2, -0.15) is 26.3 Å². The second-order valence-corrected chi connectivity index (χ2v) is 1.91. The predicted molar refractivity (Wildman–Crippen MR) is 27.7 cm³/mol. The fourth-order valence-corrected chi connectivity index (χ4v) is 0.754. The lowest BCUT2D eigenvalue weighted by Gasteiger charge is -1.69. The minimum atomic E-state index is -2.51. The maximum Gasteiger partial charge on any atom is 0.279 e. The average Bonchev–Trinajstić information content (AvgIpc) is 2.58. The van der Waals surface area contributed by atoms with Crippen molar-refractivity contribution in [1.29, 1.82) is 0 Å². The zero-order chi connectivity index (χ0) is 9.46. The van der Waals surface area contributed by atoms with Crippen LogP contribution in [0.1, 0.15) is 0 Å². The fraction of sp³-hybridized carbons (Fsp3) is 0. The molecule has 0 bridgehead atoms. The van der Waals surface area contributed by atoms with E-state index >= 15 is 0 Å². The van der Waals surface area contributed by atoms with Crippen molar-refractivity contribution < 1.29 is 26.3 Å². The van der Waals surface area contributed by atoms with Gasteiger partial charge >= 0.3 is 0 Å². The van der Waals surface area contributed by atoms with Crippen LogP contribution < -0.4 is 0 Å². The molecule has 12 heavy (non-hydrogen) atoms. The molecule has 0 atom stereocenters. The molecule has 0 aromatic heterocycles. The topological polar surface area (TPSA) is 0 Å². The molecular formula is C6F6. The van der Waals surface area contributed by atoms with Crippen LogP contribution in [0, 0.1) is 0 Å². The standard InChI is InChI=1S/C6F6/c7-4(8)1-2(5(9)10)3(1)6(11)12. The number of hydrogen-bond acceptors (Lipinski definition) is 0. The second-order valence-electron chi connectivity index (χ2n) is 1.91. The monoisotopic (exact) mass is 186 g/mol. The summed E-state index contributed by atoms with van der Waals surface area (Å²) in [6.45, 7) is 0. The third kappa shape index (κ3) is 1.24. The molecule has 0 amide bonds. The minimum absolute atomic E-state index is 1.32. The summed E-state index contributed by atoms with van der Waals surface area (Å²) in [6.07, 6.45) is -7.54. The van der Waals surface area contributed by atoms with Crippen molar-refractivity contribution in [1.82, 2.24) is 0 Å². The second kappa shape index (κ2) is 2.69. The van der Waals surface area contributed by atoms with Gasteiger partial charge < -0.3 is 0 Å². The first-order chi connectivity index (χ1) is 5.46. The van der Waals surface area contributed by atoms with E-state index < -0.39 is 35.0 Å². The first-order valence-corrected chi connectivity index (χ1v) is 2.63. The van der Waals surface area contributed by atoms with Gasteiger partial charge in [0, 0.05) is 0 Å². The van der Waals surface area contributed by atoms with Gasteiger partial charge in [0.15, 0.2) is 0 Å². The molecule has 0 saturated heterocycles. The van der Waals surface area contributed by atoms with E-state index in [1.165, 1.54) is 0 Å². The summed E-state index contributed by atoms with van der Waals surface area (Å²) in [4.78, 5) is 0. The van der Waals surface area contributed by atoms with Crippen LogP contribution in [0.25, 0.3) is 0 Å². The van der Waals surface area contributed by atoms with E-state index in [2.05, 4.69) is 0 Å². The summed E-state index contributed by atoms with van der Waals surface area (Å²) < 4.78 is 69.5. The van der Waals surface area contributed by atoms with Gasteiger partial charge in [0.1, 0.15) is 0 Å². The molecule has 1 aliphatic carbocycles. The molecule has 1 rings (SSSR count). The normalized spacial score (nSPS) is 15.0. The van der Waals surface area contributed by atoms with Crippen molar-refractivity contribution in [2.24, 2.45) is 0 Å². The third-order valence-electron chi connectivity index (χ3n) is 1.25. The van der Waals surface area contributed by atoms with Gasteiger partial charge in [0.25, 0.3) is 18.2 Å². The fourth-order valence-electron chi connectivity index (χ4n) is 0.754. The van der Waals surface area contributed by atoms with E-state index in [0.717, 1.165) is 0 Å². The van der Waals surface area contributed by atoms with Crippen LogP contribution in [-0.2, 0) is 0 Å². The SMILES string of the molecule is FC(F)=C1C(=C(F)F)C1=C(F)F. The van der Waals surface area contributed by atoms with E-state index in [9.17, 15) is 26.3 Å². The van der Waals surface area contributed by atoms with E-state index in [1.54, 1.807) is 0 Å². The van der Waals surface area contributed by atoms with Crippen LogP contribution in [0.15, 0.2) is 35.0 Å². The van der Waals surface area contributed by atoms with E-state index in [0.29, 0.717) is 0 Å². The van der Waals surface area contributed by atoms with Crippen molar-refractivity contribution in [3.05, 3.63) is 35.0 Å². The van der Waals surface area contributed by atoms with Crippen LogP contribution in [0.3, 0.4) is 0 Å². The van der Waals surface area contributed by atoms with Gasteiger partial charge in [-0.3, -0.25) is 0 Å². The Morgan fingerprint density at radius 1 is 0.500 bits per heavy atom. The summed E-state index contributed by atoms with van der Waals surface area (Å²) >= 11 is 0. The zero-order valence-electron chi connectivity index (χ0n) is 5.27. The van der Waals surface area contributed by atoms with Gasteiger partial charge in [-0.05, 0) is 0 Å². The van der Waals surface area contributed by atoms with Crippen LogP contribution in [0.4, 0.5) is 26.3 Å². The molecule has 1 fully saturated rings. The smallest absolute Gasteiger partial charge is 0.173 e. The zero-order valence-corrected chi connectivity index (χ0v) is 5.27. The first kappa shape index (κ1) is 8.89. The molecule has 0 aliphatic heterocycles. The quantitative estimate of drug-likeness (QED) is 0.508. The van der Waals surface area contributed by atoms with Gasteiger partial charge in [-0.15, -0.1) is 0 Å². The first-order valence-electron chi connectivity index (χ1n) is 2.63. The molecule has 0 nitrogen and oxygen atoms in total.